The Bertz CT molecular complexity index is 730. The van der Waals surface area contributed by atoms with E-state index in [2.05, 4.69) is 20.2 Å². The van der Waals surface area contributed by atoms with Gasteiger partial charge in [-0.25, -0.2) is 4.79 Å². The second-order valence-electron chi connectivity index (χ2n) is 9.05. The highest BCUT2D eigenvalue weighted by Crippen LogP contribution is 2.20. The van der Waals surface area contributed by atoms with Crippen molar-refractivity contribution in [3.8, 4) is 6.01 Å². The molecule has 0 aromatic carbocycles. The summed E-state index contributed by atoms with van der Waals surface area (Å²) in [6.45, 7) is 17.9. The Hall–Kier alpha value is -2.17. The van der Waals surface area contributed by atoms with Crippen molar-refractivity contribution in [1.29, 1.82) is 0 Å². The minimum Gasteiger partial charge on any atom is -0.463 e. The monoisotopic (exact) mass is 466 g/mol. The molecule has 1 aromatic rings. The predicted molar refractivity (Wildman–Crippen MR) is 128 cm³/mol. The molecule has 0 atom stereocenters. The molecule has 3 heterocycles. The van der Waals surface area contributed by atoms with Gasteiger partial charge in [0.15, 0.2) is 0 Å². The molecule has 3 N–H and O–H groups in total. The van der Waals surface area contributed by atoms with Crippen molar-refractivity contribution in [2.75, 3.05) is 64.8 Å². The van der Waals surface area contributed by atoms with Crippen molar-refractivity contribution in [2.45, 2.75) is 59.6 Å². The summed E-state index contributed by atoms with van der Waals surface area (Å²) in [5, 5.41) is 3.29. The molecule has 10 nitrogen and oxygen atoms in total. The fraction of sp³-hybridized carbons (Fsp3) is 0.783. The minimum absolute atomic E-state index is 0.229. The second-order valence-corrected chi connectivity index (χ2v) is 9.05. The highest BCUT2D eigenvalue weighted by Gasteiger charge is 2.19. The van der Waals surface area contributed by atoms with Gasteiger partial charge >= 0.3 is 12.1 Å². The third-order valence-corrected chi connectivity index (χ3v) is 5.32. The maximum absolute atomic E-state index is 11.3. The lowest BCUT2D eigenvalue weighted by Gasteiger charge is -2.26. The number of rotatable bonds is 7. The first-order valence-electron chi connectivity index (χ1n) is 12.0. The van der Waals surface area contributed by atoms with E-state index < -0.39 is 0 Å². The molecule has 0 aliphatic carbocycles. The first-order valence-corrected chi connectivity index (χ1v) is 12.0. The second kappa shape index (κ2) is 13.5. The van der Waals surface area contributed by atoms with Crippen LogP contribution in [0.3, 0.4) is 0 Å². The Labute approximate surface area is 198 Å². The summed E-state index contributed by atoms with van der Waals surface area (Å²) in [6, 6.07) is 0.400. The van der Waals surface area contributed by atoms with E-state index in [9.17, 15) is 4.79 Å². The molecule has 2 aliphatic rings. The van der Waals surface area contributed by atoms with Crippen molar-refractivity contribution in [1.82, 2.24) is 25.1 Å². The van der Waals surface area contributed by atoms with Crippen LogP contribution in [0.5, 0.6) is 6.01 Å². The zero-order valence-corrected chi connectivity index (χ0v) is 21.0. The molecule has 188 valence electrons. The van der Waals surface area contributed by atoms with Gasteiger partial charge < -0.3 is 30.2 Å². The Kier molecular flexibility index (Phi) is 11.1. The number of carbonyl (C=O) groups is 1. The average Bonchev–Trinajstić information content (AvgIpc) is 2.78. The lowest BCUT2D eigenvalue weighted by atomic mass is 10.1. The molecule has 0 spiro atoms. The van der Waals surface area contributed by atoms with E-state index in [4.69, 9.17) is 19.9 Å². The standard InChI is InChI=1S/C14H23N5O2.C9H19NO2/c15-13-11-2-3-16-10-12(11)17-14(18-13)21-7-1-4-19-5-8-20-9-6-19;1-6-10(7-2)8(11)12-9(3,4)5/h16H,1-10H2,(H2,15,17,18);6-7H2,1-5H3. The van der Waals surface area contributed by atoms with Gasteiger partial charge in [0.1, 0.15) is 11.4 Å². The zero-order chi connectivity index (χ0) is 24.3. The van der Waals surface area contributed by atoms with Crippen LogP contribution in [-0.2, 0) is 22.4 Å². The SMILES string of the molecule is CCN(CC)C(=O)OC(C)(C)C.Nc1nc(OCCCN2CCOCC2)nc2c1CCNC2. The van der Waals surface area contributed by atoms with Crippen LogP contribution in [-0.4, -0.2) is 90.6 Å². The van der Waals surface area contributed by atoms with Gasteiger partial charge in [-0.2, -0.15) is 9.97 Å². The molecule has 0 saturated carbocycles. The van der Waals surface area contributed by atoms with Gasteiger partial charge in [0, 0.05) is 44.8 Å². The van der Waals surface area contributed by atoms with Gasteiger partial charge in [-0.15, -0.1) is 0 Å². The molecule has 0 bridgehead atoms. The number of hydrogen-bond donors (Lipinski definition) is 2. The van der Waals surface area contributed by atoms with Crippen molar-refractivity contribution >= 4 is 11.9 Å². The summed E-state index contributed by atoms with van der Waals surface area (Å²) in [5.74, 6) is 0.560. The highest BCUT2D eigenvalue weighted by molar-refractivity contribution is 5.67. The Balaban J connectivity index is 0.000000277. The molecule has 0 radical (unpaired) electrons. The maximum atomic E-state index is 11.3. The van der Waals surface area contributed by atoms with E-state index >= 15 is 0 Å². The van der Waals surface area contributed by atoms with Gasteiger partial charge in [0.2, 0.25) is 0 Å². The third kappa shape index (κ3) is 9.69. The molecule has 1 saturated heterocycles. The number of anilines is 1. The first-order chi connectivity index (χ1) is 15.7. The number of aromatic nitrogens is 2. The van der Waals surface area contributed by atoms with Crippen molar-refractivity contribution in [2.24, 2.45) is 0 Å². The Morgan fingerprint density at radius 2 is 1.91 bits per heavy atom. The van der Waals surface area contributed by atoms with Crippen LogP contribution >= 0.6 is 0 Å². The molecule has 2 aliphatic heterocycles. The topological polar surface area (TPSA) is 115 Å². The zero-order valence-electron chi connectivity index (χ0n) is 21.0. The summed E-state index contributed by atoms with van der Waals surface area (Å²) >= 11 is 0. The van der Waals surface area contributed by atoms with Crippen LogP contribution in [0, 0.1) is 0 Å². The third-order valence-electron chi connectivity index (χ3n) is 5.32. The van der Waals surface area contributed by atoms with E-state index in [1.54, 1.807) is 4.90 Å². The minimum atomic E-state index is -0.389. The first kappa shape index (κ1) is 27.1. The van der Waals surface area contributed by atoms with E-state index in [0.717, 1.165) is 70.0 Å². The van der Waals surface area contributed by atoms with Crippen LogP contribution in [0.1, 0.15) is 52.3 Å². The molecule has 10 heteroatoms. The summed E-state index contributed by atoms with van der Waals surface area (Å²) in [4.78, 5) is 24.1. The van der Waals surface area contributed by atoms with Gasteiger partial charge in [-0.05, 0) is 54.0 Å². The molecule has 1 aromatic heterocycles. The molecular formula is C23H42N6O4. The number of ether oxygens (including phenoxy) is 3. The van der Waals surface area contributed by atoms with Gasteiger partial charge in [-0.3, -0.25) is 4.90 Å². The number of nitrogens with two attached hydrogens (primary N) is 1. The van der Waals surface area contributed by atoms with Crippen LogP contribution in [0.4, 0.5) is 10.6 Å². The molecular weight excluding hydrogens is 424 g/mol. The fourth-order valence-corrected chi connectivity index (χ4v) is 3.51. The van der Waals surface area contributed by atoms with Crippen LogP contribution in [0.25, 0.3) is 0 Å². The lowest BCUT2D eigenvalue weighted by molar-refractivity contribution is 0.0270. The fourth-order valence-electron chi connectivity index (χ4n) is 3.51. The summed E-state index contributed by atoms with van der Waals surface area (Å²) in [7, 11) is 0. The molecule has 3 rings (SSSR count). The average molecular weight is 467 g/mol. The number of hydrogen-bond acceptors (Lipinski definition) is 9. The molecule has 0 unspecified atom stereocenters. The van der Waals surface area contributed by atoms with Crippen LogP contribution in [0.15, 0.2) is 0 Å². The number of morpholine rings is 1. The predicted octanol–water partition coefficient (Wildman–Crippen LogP) is 2.07. The van der Waals surface area contributed by atoms with Crippen molar-refractivity contribution in [3.63, 3.8) is 0 Å². The summed E-state index contributed by atoms with van der Waals surface area (Å²) < 4.78 is 16.2. The smallest absolute Gasteiger partial charge is 0.410 e. The number of nitrogens with one attached hydrogen (secondary N) is 1. The number of fused-ring (bicyclic) bond motifs is 1. The number of nitrogens with zero attached hydrogens (tertiary/aromatic N) is 4. The van der Waals surface area contributed by atoms with Crippen molar-refractivity contribution in [3.05, 3.63) is 11.3 Å². The summed E-state index contributed by atoms with van der Waals surface area (Å²) in [5.41, 5.74) is 7.63. The van der Waals surface area contributed by atoms with E-state index in [-0.39, 0.29) is 11.7 Å². The summed E-state index contributed by atoms with van der Waals surface area (Å²) in [6.07, 6.45) is 1.62. The number of amides is 1. The number of carbonyl (C=O) groups excluding carboxylic acids is 1. The van der Waals surface area contributed by atoms with Crippen LogP contribution < -0.4 is 15.8 Å². The quantitative estimate of drug-likeness (QED) is 0.583. The van der Waals surface area contributed by atoms with Gasteiger partial charge in [0.05, 0.1) is 25.5 Å². The Morgan fingerprint density at radius 1 is 1.21 bits per heavy atom. The Morgan fingerprint density at radius 3 is 2.55 bits per heavy atom. The van der Waals surface area contributed by atoms with E-state index in [1.165, 1.54) is 0 Å². The highest BCUT2D eigenvalue weighted by atomic mass is 16.6. The normalized spacial score (nSPS) is 16.3. The van der Waals surface area contributed by atoms with Gasteiger partial charge in [0.25, 0.3) is 0 Å². The van der Waals surface area contributed by atoms with Crippen LogP contribution in [0.2, 0.25) is 0 Å². The number of nitrogen functional groups attached to an aromatic ring is 1. The lowest BCUT2D eigenvalue weighted by Crippen LogP contribution is -2.37. The van der Waals surface area contributed by atoms with Gasteiger partial charge in [-0.1, -0.05) is 0 Å². The van der Waals surface area contributed by atoms with E-state index in [0.29, 0.717) is 31.5 Å². The maximum Gasteiger partial charge on any atom is 0.410 e. The molecule has 1 fully saturated rings. The molecule has 33 heavy (non-hydrogen) atoms. The largest absolute Gasteiger partial charge is 0.463 e. The molecule has 1 amide bonds. The van der Waals surface area contributed by atoms with Crippen molar-refractivity contribution < 1.29 is 19.0 Å². The van der Waals surface area contributed by atoms with E-state index in [1.807, 2.05) is 34.6 Å².